The summed E-state index contributed by atoms with van der Waals surface area (Å²) in [5.41, 5.74) is 1.79. The summed E-state index contributed by atoms with van der Waals surface area (Å²) in [7, 11) is 1.60. The highest BCUT2D eigenvalue weighted by atomic mass is 32.2. The van der Waals surface area contributed by atoms with Crippen LogP contribution < -0.4 is 15.0 Å². The fraction of sp³-hybridized carbons (Fsp3) is 0.200. The van der Waals surface area contributed by atoms with Gasteiger partial charge in [0.2, 0.25) is 5.91 Å². The van der Waals surface area contributed by atoms with E-state index in [1.165, 1.54) is 16.7 Å². The van der Waals surface area contributed by atoms with Gasteiger partial charge in [-0.2, -0.15) is 0 Å². The Bertz CT molecular complexity index is 1240. The fourth-order valence-corrected chi connectivity index (χ4v) is 4.35. The normalized spacial score (nSPS) is 15.4. The lowest BCUT2D eigenvalue weighted by Gasteiger charge is -2.20. The van der Waals surface area contributed by atoms with Crippen molar-refractivity contribution in [1.29, 1.82) is 0 Å². The largest absolute Gasteiger partial charge is 0.497 e. The number of benzene rings is 2. The van der Waals surface area contributed by atoms with E-state index in [0.29, 0.717) is 34.6 Å². The molecule has 1 atom stereocenters. The van der Waals surface area contributed by atoms with Crippen LogP contribution in [0.5, 0.6) is 5.75 Å². The molecule has 0 aliphatic carbocycles. The lowest BCUT2D eigenvalue weighted by Crippen LogP contribution is -2.34. The number of amidine groups is 1. The Kier molecular flexibility index (Phi) is 7.12. The molecule has 0 fully saturated rings. The van der Waals surface area contributed by atoms with Gasteiger partial charge in [-0.3, -0.25) is 14.5 Å². The lowest BCUT2D eigenvalue weighted by molar-refractivity contribution is -0.116. The van der Waals surface area contributed by atoms with Crippen molar-refractivity contribution < 1.29 is 18.8 Å². The number of amides is 2. The Morgan fingerprint density at radius 1 is 1.21 bits per heavy atom. The molecule has 8 nitrogen and oxygen atoms in total. The third-order valence-electron chi connectivity index (χ3n) is 5.05. The molecule has 1 aliphatic rings. The number of para-hydroxylation sites is 1. The summed E-state index contributed by atoms with van der Waals surface area (Å²) >= 11 is 1.24. The van der Waals surface area contributed by atoms with Crippen molar-refractivity contribution in [2.75, 3.05) is 17.3 Å². The van der Waals surface area contributed by atoms with Crippen LogP contribution in [0.1, 0.15) is 24.7 Å². The number of ether oxygens (including phenoxy) is 1. The molecule has 1 N–H and O–H groups in total. The zero-order chi connectivity index (χ0) is 24.1. The predicted octanol–water partition coefficient (Wildman–Crippen LogP) is 4.89. The van der Waals surface area contributed by atoms with E-state index in [0.717, 1.165) is 11.3 Å². The van der Waals surface area contributed by atoms with Gasteiger partial charge in [0.15, 0.2) is 11.0 Å². The zero-order valence-corrected chi connectivity index (χ0v) is 19.8. The summed E-state index contributed by atoms with van der Waals surface area (Å²) in [5.74, 6) is 1.18. The number of rotatable bonds is 7. The van der Waals surface area contributed by atoms with Gasteiger partial charge in [0.05, 0.1) is 18.0 Å². The third kappa shape index (κ3) is 5.20. The number of carbonyl (C=O) groups excluding carboxylic acids is 2. The molecule has 0 radical (unpaired) electrons. The number of hydrogen-bond donors (Lipinski definition) is 1. The molecule has 4 rings (SSSR count). The number of nitrogens with zero attached hydrogens (tertiary/aromatic N) is 3. The summed E-state index contributed by atoms with van der Waals surface area (Å²) in [4.78, 5) is 32.4. The van der Waals surface area contributed by atoms with Crippen LogP contribution >= 0.6 is 11.8 Å². The molecule has 0 saturated carbocycles. The maximum atomic E-state index is 13.4. The Morgan fingerprint density at radius 3 is 2.56 bits per heavy atom. The van der Waals surface area contributed by atoms with E-state index in [9.17, 15) is 9.59 Å². The van der Waals surface area contributed by atoms with Gasteiger partial charge in [-0.1, -0.05) is 54.2 Å². The Morgan fingerprint density at radius 2 is 1.94 bits per heavy atom. The van der Waals surface area contributed by atoms with E-state index < -0.39 is 5.25 Å². The fourth-order valence-electron chi connectivity index (χ4n) is 3.32. The van der Waals surface area contributed by atoms with E-state index in [2.05, 4.69) is 15.5 Å². The maximum Gasteiger partial charge on any atom is 0.283 e. The average Bonchev–Trinajstić information content (AvgIpc) is 3.40. The third-order valence-corrected chi connectivity index (χ3v) is 6.37. The molecule has 3 aromatic rings. The average molecular weight is 477 g/mol. The molecular formula is C25H24N4O4S. The number of methoxy groups -OCH3 is 1. The van der Waals surface area contributed by atoms with Crippen LogP contribution in [-0.2, 0) is 9.59 Å². The number of thioether (sulfide) groups is 1. The van der Waals surface area contributed by atoms with Gasteiger partial charge in [0.1, 0.15) is 17.2 Å². The van der Waals surface area contributed by atoms with Gasteiger partial charge in [0, 0.05) is 6.07 Å². The molecule has 1 aliphatic heterocycles. The van der Waals surface area contributed by atoms with Gasteiger partial charge in [-0.15, -0.1) is 0 Å². The second-order valence-corrected chi connectivity index (χ2v) is 8.67. The first kappa shape index (κ1) is 23.3. The molecule has 1 aromatic heterocycles. The Balaban J connectivity index is 1.62. The number of carbonyl (C=O) groups is 2. The van der Waals surface area contributed by atoms with Crippen molar-refractivity contribution >= 4 is 46.3 Å². The van der Waals surface area contributed by atoms with E-state index in [1.807, 2.05) is 61.5 Å². The number of anilines is 2. The number of aliphatic imine (C=N–C) groups is 1. The first-order chi connectivity index (χ1) is 16.5. The summed E-state index contributed by atoms with van der Waals surface area (Å²) in [6.07, 6.45) is 2.26. The van der Waals surface area contributed by atoms with Crippen LogP contribution in [0.2, 0.25) is 0 Å². The molecule has 174 valence electrons. The van der Waals surface area contributed by atoms with E-state index in [1.54, 1.807) is 26.2 Å². The first-order valence-corrected chi connectivity index (χ1v) is 11.6. The second-order valence-electron chi connectivity index (χ2n) is 7.50. The number of hydrogen-bond acceptors (Lipinski definition) is 7. The van der Waals surface area contributed by atoms with Gasteiger partial charge in [-0.05, 0) is 49.2 Å². The molecule has 34 heavy (non-hydrogen) atoms. The molecule has 9 heteroatoms. The maximum absolute atomic E-state index is 13.4. The minimum atomic E-state index is -0.491. The van der Waals surface area contributed by atoms with Crippen LogP contribution in [0.15, 0.2) is 75.9 Å². The van der Waals surface area contributed by atoms with Crippen molar-refractivity contribution in [3.63, 3.8) is 0 Å². The van der Waals surface area contributed by atoms with Crippen LogP contribution in [0.25, 0.3) is 6.08 Å². The quantitative estimate of drug-likeness (QED) is 0.488. The molecule has 0 unspecified atom stereocenters. The second kappa shape index (κ2) is 10.4. The van der Waals surface area contributed by atoms with Gasteiger partial charge >= 0.3 is 0 Å². The lowest BCUT2D eigenvalue weighted by atomic mass is 10.2. The molecule has 0 saturated heterocycles. The van der Waals surface area contributed by atoms with Gasteiger partial charge in [0.25, 0.3) is 5.91 Å². The standard InChI is InChI=1S/C25H24N4O4S/c1-4-21(23(30)27-22-14-16(2)33-28-22)34-25-26-20(15-17-10-12-19(32-3)13-11-17)24(31)29(25)18-8-6-5-7-9-18/h5-15,21H,4H2,1-3H3,(H,27,28,30)/b20-15+/t21-/m0/s1. The molecule has 2 amide bonds. The van der Waals surface area contributed by atoms with Gasteiger partial charge < -0.3 is 14.6 Å². The molecule has 2 aromatic carbocycles. The first-order valence-electron chi connectivity index (χ1n) is 10.7. The van der Waals surface area contributed by atoms with Crippen molar-refractivity contribution in [2.24, 2.45) is 4.99 Å². The van der Waals surface area contributed by atoms with Crippen LogP contribution in [0.3, 0.4) is 0 Å². The summed E-state index contributed by atoms with van der Waals surface area (Å²) in [6.45, 7) is 3.66. The van der Waals surface area contributed by atoms with E-state index in [4.69, 9.17) is 9.26 Å². The van der Waals surface area contributed by atoms with Gasteiger partial charge in [-0.25, -0.2) is 4.99 Å². The topological polar surface area (TPSA) is 97.0 Å². The minimum Gasteiger partial charge on any atom is -0.497 e. The minimum absolute atomic E-state index is 0.239. The number of nitrogens with one attached hydrogen (secondary N) is 1. The van der Waals surface area contributed by atoms with E-state index >= 15 is 0 Å². The zero-order valence-electron chi connectivity index (χ0n) is 19.0. The van der Waals surface area contributed by atoms with E-state index in [-0.39, 0.29) is 11.8 Å². The van der Waals surface area contributed by atoms with Crippen LogP contribution in [0, 0.1) is 6.92 Å². The predicted molar refractivity (Wildman–Crippen MR) is 134 cm³/mol. The summed E-state index contributed by atoms with van der Waals surface area (Å²) < 4.78 is 10.2. The van der Waals surface area contributed by atoms with Crippen molar-refractivity contribution in [3.8, 4) is 5.75 Å². The number of aryl methyl sites for hydroxylation is 1. The summed E-state index contributed by atoms with van der Waals surface area (Å²) in [5, 5.41) is 6.54. The van der Waals surface area contributed by atoms with Crippen molar-refractivity contribution in [2.45, 2.75) is 25.5 Å². The highest BCUT2D eigenvalue weighted by Crippen LogP contribution is 2.32. The molecular weight excluding hydrogens is 452 g/mol. The SMILES string of the molecule is CC[C@H](SC1=N/C(=C/c2ccc(OC)cc2)C(=O)N1c1ccccc1)C(=O)Nc1cc(C)on1. The van der Waals surface area contributed by atoms with Crippen LogP contribution in [-0.4, -0.2) is 34.5 Å². The van der Waals surface area contributed by atoms with Crippen molar-refractivity contribution in [3.05, 3.63) is 77.7 Å². The highest BCUT2D eigenvalue weighted by molar-refractivity contribution is 8.15. The smallest absolute Gasteiger partial charge is 0.283 e. The summed E-state index contributed by atoms with van der Waals surface area (Å²) in [6, 6.07) is 18.3. The monoisotopic (exact) mass is 476 g/mol. The Hall–Kier alpha value is -3.85. The van der Waals surface area contributed by atoms with Crippen molar-refractivity contribution in [1.82, 2.24) is 5.16 Å². The molecule has 0 bridgehead atoms. The molecule has 0 spiro atoms. The Labute approximate surface area is 201 Å². The molecule has 2 heterocycles. The highest BCUT2D eigenvalue weighted by Gasteiger charge is 2.35. The van der Waals surface area contributed by atoms with Crippen LogP contribution in [0.4, 0.5) is 11.5 Å². The number of aromatic nitrogens is 1.